The molecule has 0 amide bonds. The van der Waals surface area contributed by atoms with Crippen molar-refractivity contribution >= 4 is 5.97 Å². The molecule has 0 saturated heterocycles. The number of ether oxygens (including phenoxy) is 1. The Morgan fingerprint density at radius 2 is 2.06 bits per heavy atom. The zero-order valence-electron chi connectivity index (χ0n) is 10.6. The van der Waals surface area contributed by atoms with Crippen LogP contribution in [-0.4, -0.2) is 22.4 Å². The van der Waals surface area contributed by atoms with Crippen LogP contribution in [0, 0.1) is 6.92 Å². The quantitative estimate of drug-likeness (QED) is 0.776. The molecule has 0 atom stereocenters. The van der Waals surface area contributed by atoms with Crippen LogP contribution in [0.5, 0.6) is 0 Å². The molecular weight excluding hydrogens is 228 g/mol. The number of rotatable bonds is 4. The van der Waals surface area contributed by atoms with Crippen LogP contribution in [0.2, 0.25) is 0 Å². The van der Waals surface area contributed by atoms with Gasteiger partial charge in [-0.1, -0.05) is 29.8 Å². The fraction of sp³-hybridized carbons (Fsp3) is 0.286. The molecule has 0 fully saturated rings. The third kappa shape index (κ3) is 2.97. The topological polar surface area (TPSA) is 44.1 Å². The van der Waals surface area contributed by atoms with Gasteiger partial charge in [-0.3, -0.25) is 4.68 Å². The van der Waals surface area contributed by atoms with Crippen molar-refractivity contribution in [1.29, 1.82) is 0 Å². The van der Waals surface area contributed by atoms with E-state index in [1.807, 2.05) is 0 Å². The highest BCUT2D eigenvalue weighted by atomic mass is 16.5. The van der Waals surface area contributed by atoms with E-state index >= 15 is 0 Å². The van der Waals surface area contributed by atoms with Crippen molar-refractivity contribution < 1.29 is 9.53 Å². The minimum Gasteiger partial charge on any atom is -0.462 e. The second kappa shape index (κ2) is 5.49. The fourth-order valence-corrected chi connectivity index (χ4v) is 1.65. The molecule has 0 N–H and O–H groups in total. The number of benzene rings is 1. The Balaban J connectivity index is 2.06. The van der Waals surface area contributed by atoms with Crippen LogP contribution in [-0.2, 0) is 11.3 Å². The molecule has 0 unspecified atom stereocenters. The van der Waals surface area contributed by atoms with Gasteiger partial charge in [0.2, 0.25) is 0 Å². The van der Waals surface area contributed by atoms with Crippen LogP contribution in [0.4, 0.5) is 0 Å². The molecule has 0 spiro atoms. The highest BCUT2D eigenvalue weighted by Crippen LogP contribution is 2.07. The monoisotopic (exact) mass is 244 g/mol. The highest BCUT2D eigenvalue weighted by molar-refractivity contribution is 5.88. The van der Waals surface area contributed by atoms with Crippen LogP contribution in [0.3, 0.4) is 0 Å². The van der Waals surface area contributed by atoms with Crippen molar-refractivity contribution in [2.45, 2.75) is 20.4 Å². The molecule has 1 heterocycles. The summed E-state index contributed by atoms with van der Waals surface area (Å²) in [6.07, 6.45) is 3.24. The Labute approximate surface area is 106 Å². The summed E-state index contributed by atoms with van der Waals surface area (Å²) in [6.45, 7) is 4.87. The van der Waals surface area contributed by atoms with E-state index in [1.54, 1.807) is 17.8 Å². The van der Waals surface area contributed by atoms with Crippen molar-refractivity contribution in [3.8, 4) is 0 Å². The molecule has 0 saturated carbocycles. The van der Waals surface area contributed by atoms with Crippen LogP contribution in [0.25, 0.3) is 0 Å². The van der Waals surface area contributed by atoms with E-state index in [0.29, 0.717) is 18.7 Å². The van der Waals surface area contributed by atoms with Gasteiger partial charge in [-0.15, -0.1) is 0 Å². The molecule has 1 aromatic carbocycles. The van der Waals surface area contributed by atoms with Gasteiger partial charge < -0.3 is 4.74 Å². The van der Waals surface area contributed by atoms with Gasteiger partial charge in [-0.2, -0.15) is 5.10 Å². The Morgan fingerprint density at radius 3 is 2.72 bits per heavy atom. The molecule has 0 bridgehead atoms. The minimum absolute atomic E-state index is 0.326. The molecule has 4 heteroatoms. The molecule has 1 aromatic heterocycles. The van der Waals surface area contributed by atoms with Crippen LogP contribution < -0.4 is 0 Å². The molecule has 94 valence electrons. The van der Waals surface area contributed by atoms with Gasteiger partial charge in [0.05, 0.1) is 24.9 Å². The number of aromatic nitrogens is 2. The molecule has 0 aliphatic carbocycles. The summed E-state index contributed by atoms with van der Waals surface area (Å²) >= 11 is 0. The van der Waals surface area contributed by atoms with E-state index in [2.05, 4.69) is 36.3 Å². The lowest BCUT2D eigenvalue weighted by atomic mass is 10.1. The van der Waals surface area contributed by atoms with Crippen molar-refractivity contribution in [3.63, 3.8) is 0 Å². The van der Waals surface area contributed by atoms with Crippen LogP contribution >= 0.6 is 0 Å². The highest BCUT2D eigenvalue weighted by Gasteiger charge is 2.09. The van der Waals surface area contributed by atoms with E-state index in [9.17, 15) is 4.79 Å². The number of esters is 1. The zero-order valence-corrected chi connectivity index (χ0v) is 10.6. The molecule has 4 nitrogen and oxygen atoms in total. The van der Waals surface area contributed by atoms with E-state index in [-0.39, 0.29) is 5.97 Å². The predicted molar refractivity (Wildman–Crippen MR) is 68.5 cm³/mol. The normalized spacial score (nSPS) is 10.3. The molecule has 2 aromatic rings. The summed E-state index contributed by atoms with van der Waals surface area (Å²) in [5.74, 6) is -0.326. The fourth-order valence-electron chi connectivity index (χ4n) is 1.65. The minimum atomic E-state index is -0.326. The standard InChI is InChI=1S/C14H16N2O2/c1-3-18-14(17)13-8-15-16(10-13)9-12-6-4-11(2)5-7-12/h4-8,10H,3,9H2,1-2H3. The maximum absolute atomic E-state index is 11.5. The second-order valence-corrected chi connectivity index (χ2v) is 4.13. The molecule has 0 aliphatic rings. The number of nitrogens with zero attached hydrogens (tertiary/aromatic N) is 2. The SMILES string of the molecule is CCOC(=O)c1cnn(Cc2ccc(C)cc2)c1. The lowest BCUT2D eigenvalue weighted by Crippen LogP contribution is -2.04. The van der Waals surface area contributed by atoms with Gasteiger partial charge in [-0.25, -0.2) is 4.79 Å². The van der Waals surface area contributed by atoms with E-state index < -0.39 is 0 Å². The Bertz CT molecular complexity index is 529. The Hall–Kier alpha value is -2.10. The molecule has 18 heavy (non-hydrogen) atoms. The number of carbonyl (C=O) groups is 1. The van der Waals surface area contributed by atoms with Gasteiger partial charge in [-0.05, 0) is 19.4 Å². The first-order chi connectivity index (χ1) is 8.69. The van der Waals surface area contributed by atoms with Gasteiger partial charge in [0.15, 0.2) is 0 Å². The molecule has 2 rings (SSSR count). The molecule has 0 aliphatic heterocycles. The second-order valence-electron chi connectivity index (χ2n) is 4.13. The van der Waals surface area contributed by atoms with E-state index in [4.69, 9.17) is 4.74 Å². The predicted octanol–water partition coefficient (Wildman–Crippen LogP) is 2.42. The first-order valence-corrected chi connectivity index (χ1v) is 5.94. The van der Waals surface area contributed by atoms with Crippen LogP contribution in [0.1, 0.15) is 28.4 Å². The number of hydrogen-bond donors (Lipinski definition) is 0. The maximum Gasteiger partial charge on any atom is 0.341 e. The van der Waals surface area contributed by atoms with E-state index in [0.717, 1.165) is 5.56 Å². The molecule has 0 radical (unpaired) electrons. The van der Waals surface area contributed by atoms with Crippen molar-refractivity contribution in [1.82, 2.24) is 9.78 Å². The lowest BCUT2D eigenvalue weighted by Gasteiger charge is -2.02. The first-order valence-electron chi connectivity index (χ1n) is 5.94. The summed E-state index contributed by atoms with van der Waals surface area (Å²) in [5, 5.41) is 4.15. The van der Waals surface area contributed by atoms with Crippen molar-refractivity contribution in [3.05, 3.63) is 53.3 Å². The van der Waals surface area contributed by atoms with Gasteiger partial charge >= 0.3 is 5.97 Å². The third-order valence-corrected chi connectivity index (χ3v) is 2.61. The average molecular weight is 244 g/mol. The van der Waals surface area contributed by atoms with Crippen molar-refractivity contribution in [2.24, 2.45) is 0 Å². The lowest BCUT2D eigenvalue weighted by molar-refractivity contribution is 0.0526. The number of aryl methyl sites for hydroxylation is 1. The van der Waals surface area contributed by atoms with Crippen LogP contribution in [0.15, 0.2) is 36.7 Å². The average Bonchev–Trinajstić information content (AvgIpc) is 2.81. The smallest absolute Gasteiger partial charge is 0.341 e. The summed E-state index contributed by atoms with van der Waals surface area (Å²) in [6, 6.07) is 8.23. The van der Waals surface area contributed by atoms with E-state index in [1.165, 1.54) is 11.8 Å². The molecular formula is C14H16N2O2. The summed E-state index contributed by atoms with van der Waals surface area (Å²) < 4.78 is 6.65. The number of hydrogen-bond acceptors (Lipinski definition) is 3. The summed E-state index contributed by atoms with van der Waals surface area (Å²) in [5.41, 5.74) is 2.87. The Morgan fingerprint density at radius 1 is 1.33 bits per heavy atom. The summed E-state index contributed by atoms with van der Waals surface area (Å²) in [7, 11) is 0. The largest absolute Gasteiger partial charge is 0.462 e. The third-order valence-electron chi connectivity index (χ3n) is 2.61. The summed E-state index contributed by atoms with van der Waals surface area (Å²) in [4.78, 5) is 11.5. The maximum atomic E-state index is 11.5. The van der Waals surface area contributed by atoms with Gasteiger partial charge in [0.25, 0.3) is 0 Å². The van der Waals surface area contributed by atoms with Gasteiger partial charge in [0.1, 0.15) is 0 Å². The zero-order chi connectivity index (χ0) is 13.0. The van der Waals surface area contributed by atoms with Gasteiger partial charge in [0, 0.05) is 6.20 Å². The van der Waals surface area contributed by atoms with Crippen molar-refractivity contribution in [2.75, 3.05) is 6.61 Å². The number of carbonyl (C=O) groups excluding carboxylic acids is 1. The Kier molecular flexibility index (Phi) is 3.77. The first kappa shape index (κ1) is 12.4.